The summed E-state index contributed by atoms with van der Waals surface area (Å²) in [5, 5.41) is 0. The molecule has 0 unspecified atom stereocenters. The number of aliphatic imine (C=N–C) groups is 1. The largest absolute Gasteiger partial charge is 0.272 e. The van der Waals surface area contributed by atoms with Crippen molar-refractivity contribution in [2.24, 2.45) is 4.99 Å². The highest BCUT2D eigenvalue weighted by atomic mass is 15.0. The van der Waals surface area contributed by atoms with Crippen LogP contribution in [0.25, 0.3) is 72.9 Å². The molecule has 2 aromatic heterocycles. The summed E-state index contributed by atoms with van der Waals surface area (Å²) in [7, 11) is 0. The number of rotatable bonds is 9. The molecule has 234 valence electrons. The van der Waals surface area contributed by atoms with E-state index in [2.05, 4.69) is 126 Å². The van der Waals surface area contributed by atoms with Gasteiger partial charge < -0.3 is 0 Å². The van der Waals surface area contributed by atoms with E-state index in [-0.39, 0.29) is 0 Å². The minimum absolute atomic E-state index is 0.557. The van der Waals surface area contributed by atoms with E-state index in [4.69, 9.17) is 15.0 Å². The Bertz CT molecular complexity index is 2290. The average molecular weight is 632 g/mol. The van der Waals surface area contributed by atoms with E-state index in [0.717, 1.165) is 39.0 Å². The van der Waals surface area contributed by atoms with Crippen molar-refractivity contribution in [2.45, 2.75) is 6.92 Å². The molecule has 0 amide bonds. The summed E-state index contributed by atoms with van der Waals surface area (Å²) >= 11 is 0. The molecule has 5 aromatic carbocycles. The molecule has 0 atom stereocenters. The number of aromatic nitrogens is 4. The van der Waals surface area contributed by atoms with Crippen molar-refractivity contribution in [2.75, 3.05) is 0 Å². The molecule has 0 radical (unpaired) electrons. The van der Waals surface area contributed by atoms with Crippen molar-refractivity contribution in [1.82, 2.24) is 19.9 Å². The lowest BCUT2D eigenvalue weighted by atomic mass is 9.95. The Labute approximate surface area is 286 Å². The van der Waals surface area contributed by atoms with Crippen LogP contribution in [0.2, 0.25) is 0 Å². The van der Waals surface area contributed by atoms with Crippen LogP contribution in [0.1, 0.15) is 12.7 Å². The smallest absolute Gasteiger partial charge is 0.164 e. The van der Waals surface area contributed by atoms with Crippen LogP contribution in [-0.2, 0) is 0 Å². The van der Waals surface area contributed by atoms with Crippen LogP contribution in [0.3, 0.4) is 0 Å². The second kappa shape index (κ2) is 14.4. The monoisotopic (exact) mass is 631 g/mol. The molecule has 0 saturated carbocycles. The molecule has 2 heterocycles. The fraction of sp³-hybridized carbons (Fsp3) is 0.0227. The molecule has 5 nitrogen and oxygen atoms in total. The third-order valence-corrected chi connectivity index (χ3v) is 8.34. The van der Waals surface area contributed by atoms with Gasteiger partial charge in [0.25, 0.3) is 0 Å². The van der Waals surface area contributed by atoms with Gasteiger partial charge in [-0.3, -0.25) is 9.98 Å². The molecular weight excluding hydrogens is 599 g/mol. The zero-order valence-corrected chi connectivity index (χ0v) is 27.1. The van der Waals surface area contributed by atoms with E-state index in [0.29, 0.717) is 17.5 Å². The van der Waals surface area contributed by atoms with E-state index < -0.39 is 0 Å². The van der Waals surface area contributed by atoms with Crippen molar-refractivity contribution in [1.29, 1.82) is 0 Å². The fourth-order valence-electron chi connectivity index (χ4n) is 5.78. The average Bonchev–Trinajstić information content (AvgIpc) is 3.19. The maximum atomic E-state index is 4.89. The maximum Gasteiger partial charge on any atom is 0.164 e. The first-order chi connectivity index (χ1) is 24.2. The van der Waals surface area contributed by atoms with Crippen LogP contribution in [0.5, 0.6) is 0 Å². The van der Waals surface area contributed by atoms with Gasteiger partial charge in [0.1, 0.15) is 0 Å². The number of hydrogen-bond acceptors (Lipinski definition) is 5. The third-order valence-electron chi connectivity index (χ3n) is 8.34. The number of allylic oxidation sites excluding steroid dienone is 3. The number of hydrogen-bond donors (Lipinski definition) is 0. The van der Waals surface area contributed by atoms with Crippen LogP contribution in [-0.4, -0.2) is 26.7 Å². The SMILES string of the molecule is C=N/C=C\C(=C/C)c1nc(-c2ccncc2)nc(-c2cccc(-c3cccc(-c4cccc(-c5ccc(-c6ccccc6)cc5)c4)c3)c2)n1. The van der Waals surface area contributed by atoms with Gasteiger partial charge in [0, 0.05) is 35.3 Å². The summed E-state index contributed by atoms with van der Waals surface area (Å²) < 4.78 is 0. The Morgan fingerprint density at radius 2 is 0.939 bits per heavy atom. The first-order valence-electron chi connectivity index (χ1n) is 16.1. The Hall–Kier alpha value is -6.59. The maximum absolute atomic E-state index is 4.89. The van der Waals surface area contributed by atoms with E-state index in [1.165, 1.54) is 22.3 Å². The summed E-state index contributed by atoms with van der Waals surface area (Å²) in [5.41, 5.74) is 11.9. The molecule has 0 aliphatic carbocycles. The lowest BCUT2D eigenvalue weighted by Crippen LogP contribution is -2.02. The van der Waals surface area contributed by atoms with E-state index >= 15 is 0 Å². The minimum atomic E-state index is 0.557. The molecule has 5 heteroatoms. The van der Waals surface area contributed by atoms with Crippen LogP contribution in [0, 0.1) is 0 Å². The minimum Gasteiger partial charge on any atom is -0.272 e. The summed E-state index contributed by atoms with van der Waals surface area (Å²) in [6, 6.07) is 48.7. The number of nitrogens with zero attached hydrogens (tertiary/aromatic N) is 5. The highest BCUT2D eigenvalue weighted by molar-refractivity contribution is 5.80. The van der Waals surface area contributed by atoms with Gasteiger partial charge in [0.2, 0.25) is 0 Å². The molecule has 49 heavy (non-hydrogen) atoms. The van der Waals surface area contributed by atoms with Crippen LogP contribution in [0.4, 0.5) is 0 Å². The lowest BCUT2D eigenvalue weighted by Gasteiger charge is -2.11. The molecule has 0 bridgehead atoms. The first-order valence-corrected chi connectivity index (χ1v) is 16.1. The van der Waals surface area contributed by atoms with Gasteiger partial charge in [-0.25, -0.2) is 15.0 Å². The summed E-state index contributed by atoms with van der Waals surface area (Å²) in [4.78, 5) is 22.6. The van der Waals surface area contributed by atoms with Crippen LogP contribution < -0.4 is 0 Å². The van der Waals surface area contributed by atoms with Crippen LogP contribution >= 0.6 is 0 Å². The normalized spacial score (nSPS) is 11.5. The molecule has 0 aliphatic heterocycles. The molecule has 0 saturated heterocycles. The van der Waals surface area contributed by atoms with Gasteiger partial charge in [0.15, 0.2) is 17.5 Å². The Balaban J connectivity index is 1.21. The van der Waals surface area contributed by atoms with E-state index in [9.17, 15) is 0 Å². The highest BCUT2D eigenvalue weighted by Crippen LogP contribution is 2.32. The van der Waals surface area contributed by atoms with E-state index in [1.54, 1.807) is 18.6 Å². The van der Waals surface area contributed by atoms with Crippen molar-refractivity contribution < 1.29 is 0 Å². The summed E-state index contributed by atoms with van der Waals surface area (Å²) in [6.07, 6.45) is 8.91. The summed E-state index contributed by atoms with van der Waals surface area (Å²) in [5.74, 6) is 1.71. The molecule has 0 spiro atoms. The topological polar surface area (TPSA) is 63.9 Å². The Morgan fingerprint density at radius 3 is 1.49 bits per heavy atom. The van der Waals surface area contributed by atoms with Gasteiger partial charge in [-0.15, -0.1) is 0 Å². The highest BCUT2D eigenvalue weighted by Gasteiger charge is 2.14. The lowest BCUT2D eigenvalue weighted by molar-refractivity contribution is 1.03. The quantitative estimate of drug-likeness (QED) is 0.117. The predicted molar refractivity (Wildman–Crippen MR) is 203 cm³/mol. The zero-order chi connectivity index (χ0) is 33.4. The number of benzene rings is 5. The Morgan fingerprint density at radius 1 is 0.490 bits per heavy atom. The molecule has 0 fully saturated rings. The van der Waals surface area contributed by atoms with Gasteiger partial charge in [0.05, 0.1) is 0 Å². The standard InChI is InChI=1S/C44H33N5/c1-3-31(22-25-45-2)42-47-43(35-23-26-46-27-24-35)49-44(48-42)41-17-9-16-40(30-41)39-15-8-14-38(29-39)37-13-7-12-36(28-37)34-20-18-33(19-21-34)32-10-5-4-6-11-32/h3-30H,2H2,1H3/b25-22-,31-3+. The van der Waals surface area contributed by atoms with Crippen molar-refractivity contribution in [3.8, 4) is 67.3 Å². The van der Waals surface area contributed by atoms with Gasteiger partial charge in [-0.2, -0.15) is 0 Å². The van der Waals surface area contributed by atoms with Crippen LogP contribution in [0.15, 0.2) is 175 Å². The summed E-state index contributed by atoms with van der Waals surface area (Å²) in [6.45, 7) is 5.51. The van der Waals surface area contributed by atoms with Crippen molar-refractivity contribution in [3.63, 3.8) is 0 Å². The van der Waals surface area contributed by atoms with E-state index in [1.807, 2.05) is 49.4 Å². The first kappa shape index (κ1) is 31.0. The fourth-order valence-corrected chi connectivity index (χ4v) is 5.78. The Kier molecular flexibility index (Phi) is 9.15. The second-order valence-electron chi connectivity index (χ2n) is 11.5. The zero-order valence-electron chi connectivity index (χ0n) is 27.1. The molecule has 7 rings (SSSR count). The molecule has 0 N–H and O–H groups in total. The second-order valence-corrected chi connectivity index (χ2v) is 11.5. The molecular formula is C44H33N5. The van der Waals surface area contributed by atoms with Gasteiger partial charge in [-0.1, -0.05) is 115 Å². The molecule has 7 aromatic rings. The molecule has 0 aliphatic rings. The van der Waals surface area contributed by atoms with Crippen molar-refractivity contribution in [3.05, 3.63) is 176 Å². The van der Waals surface area contributed by atoms with Crippen molar-refractivity contribution >= 4 is 12.3 Å². The number of pyridine rings is 1. The predicted octanol–water partition coefficient (Wildman–Crippen LogP) is 10.9. The third kappa shape index (κ3) is 7.07. The van der Waals surface area contributed by atoms with Gasteiger partial charge in [-0.05, 0) is 94.6 Å². The van der Waals surface area contributed by atoms with Gasteiger partial charge >= 0.3 is 0 Å².